The van der Waals surface area contributed by atoms with Crippen LogP contribution < -0.4 is 10.1 Å². The average molecular weight is 298 g/mol. The van der Waals surface area contributed by atoms with E-state index in [1.54, 1.807) is 19.5 Å². The molecule has 0 unspecified atom stereocenters. The summed E-state index contributed by atoms with van der Waals surface area (Å²) in [7, 11) is 1.57. The largest absolute Gasteiger partial charge is 0.496 e. The summed E-state index contributed by atoms with van der Waals surface area (Å²) in [5, 5.41) is 2.91. The molecule has 4 nitrogen and oxygen atoms in total. The third-order valence-electron chi connectivity index (χ3n) is 3.49. The molecule has 1 amide bonds. The van der Waals surface area contributed by atoms with Crippen molar-refractivity contribution in [1.82, 2.24) is 10.3 Å². The molecule has 0 aliphatic rings. The van der Waals surface area contributed by atoms with Gasteiger partial charge in [0.05, 0.1) is 12.7 Å². The zero-order chi connectivity index (χ0) is 16.2. The molecular formula is C18H22N2O2. The first kappa shape index (κ1) is 16.0. The quantitative estimate of drug-likeness (QED) is 0.942. The van der Waals surface area contributed by atoms with Gasteiger partial charge in [-0.25, -0.2) is 0 Å². The van der Waals surface area contributed by atoms with E-state index in [1.807, 2.05) is 30.3 Å². The summed E-state index contributed by atoms with van der Waals surface area (Å²) in [5.41, 5.74) is 2.59. The fourth-order valence-corrected chi connectivity index (χ4v) is 2.13. The SMILES string of the molecule is COc1ccc(C(C)(C)C)cc1C(=O)NCc1cccnc1. The number of nitrogens with one attached hydrogen (secondary N) is 1. The summed E-state index contributed by atoms with van der Waals surface area (Å²) < 4.78 is 5.31. The predicted molar refractivity (Wildman–Crippen MR) is 87.1 cm³/mol. The lowest BCUT2D eigenvalue weighted by Gasteiger charge is -2.21. The molecule has 4 heteroatoms. The molecule has 0 saturated carbocycles. The van der Waals surface area contributed by atoms with Crippen LogP contribution in [0.1, 0.15) is 42.3 Å². The minimum absolute atomic E-state index is 0.0232. The highest BCUT2D eigenvalue weighted by atomic mass is 16.5. The molecule has 0 atom stereocenters. The predicted octanol–water partition coefficient (Wildman–Crippen LogP) is 3.32. The Morgan fingerprint density at radius 3 is 2.64 bits per heavy atom. The van der Waals surface area contributed by atoms with Gasteiger partial charge in [0.25, 0.3) is 5.91 Å². The molecule has 0 radical (unpaired) electrons. The van der Waals surface area contributed by atoms with E-state index in [1.165, 1.54) is 0 Å². The third kappa shape index (κ3) is 3.85. The molecule has 0 aliphatic carbocycles. The second kappa shape index (κ2) is 6.60. The van der Waals surface area contributed by atoms with Gasteiger partial charge in [0.15, 0.2) is 0 Å². The van der Waals surface area contributed by atoms with Crippen molar-refractivity contribution in [3.05, 3.63) is 59.4 Å². The van der Waals surface area contributed by atoms with Crippen molar-refractivity contribution < 1.29 is 9.53 Å². The smallest absolute Gasteiger partial charge is 0.255 e. The van der Waals surface area contributed by atoms with Gasteiger partial charge in [0.1, 0.15) is 5.75 Å². The van der Waals surface area contributed by atoms with Crippen molar-refractivity contribution in [1.29, 1.82) is 0 Å². The third-order valence-corrected chi connectivity index (χ3v) is 3.49. The molecule has 2 rings (SSSR count). The first-order chi connectivity index (χ1) is 10.4. The molecular weight excluding hydrogens is 276 g/mol. The van der Waals surface area contributed by atoms with Gasteiger partial charge < -0.3 is 10.1 Å². The normalized spacial score (nSPS) is 11.1. The number of aromatic nitrogens is 1. The Morgan fingerprint density at radius 2 is 2.05 bits per heavy atom. The first-order valence-corrected chi connectivity index (χ1v) is 7.27. The van der Waals surface area contributed by atoms with Crippen molar-refractivity contribution in [3.8, 4) is 5.75 Å². The fourth-order valence-electron chi connectivity index (χ4n) is 2.13. The van der Waals surface area contributed by atoms with E-state index in [4.69, 9.17) is 4.74 Å². The molecule has 1 N–H and O–H groups in total. The average Bonchev–Trinajstić information content (AvgIpc) is 2.52. The minimum Gasteiger partial charge on any atom is -0.496 e. The van der Waals surface area contributed by atoms with Crippen LogP contribution in [0.5, 0.6) is 5.75 Å². The van der Waals surface area contributed by atoms with E-state index < -0.39 is 0 Å². The molecule has 1 heterocycles. The minimum atomic E-state index is -0.146. The highest BCUT2D eigenvalue weighted by Gasteiger charge is 2.19. The van der Waals surface area contributed by atoms with Gasteiger partial charge >= 0.3 is 0 Å². The summed E-state index contributed by atoms with van der Waals surface area (Å²) in [5.74, 6) is 0.434. The Balaban J connectivity index is 2.20. The number of hydrogen-bond donors (Lipinski definition) is 1. The first-order valence-electron chi connectivity index (χ1n) is 7.27. The number of methoxy groups -OCH3 is 1. The fraction of sp³-hybridized carbons (Fsp3) is 0.333. The summed E-state index contributed by atoms with van der Waals surface area (Å²) in [6, 6.07) is 9.52. The van der Waals surface area contributed by atoms with E-state index in [0.717, 1.165) is 11.1 Å². The van der Waals surface area contributed by atoms with E-state index in [2.05, 4.69) is 31.1 Å². The highest BCUT2D eigenvalue weighted by molar-refractivity contribution is 5.97. The summed E-state index contributed by atoms with van der Waals surface area (Å²) >= 11 is 0. The van der Waals surface area contributed by atoms with E-state index in [-0.39, 0.29) is 11.3 Å². The molecule has 0 bridgehead atoms. The van der Waals surface area contributed by atoms with Crippen LogP contribution >= 0.6 is 0 Å². The van der Waals surface area contributed by atoms with Crippen molar-refractivity contribution >= 4 is 5.91 Å². The second-order valence-electron chi connectivity index (χ2n) is 6.21. The van der Waals surface area contributed by atoms with Gasteiger partial charge in [0, 0.05) is 18.9 Å². The van der Waals surface area contributed by atoms with Gasteiger partial charge in [-0.15, -0.1) is 0 Å². The van der Waals surface area contributed by atoms with Crippen molar-refractivity contribution in [2.75, 3.05) is 7.11 Å². The molecule has 0 spiro atoms. The van der Waals surface area contributed by atoms with Crippen molar-refractivity contribution in [2.45, 2.75) is 32.7 Å². The Morgan fingerprint density at radius 1 is 1.27 bits per heavy atom. The van der Waals surface area contributed by atoms with Crippen LogP contribution in [0.4, 0.5) is 0 Å². The molecule has 1 aromatic heterocycles. The van der Waals surface area contributed by atoms with Crippen LogP contribution in [0.25, 0.3) is 0 Å². The standard InChI is InChI=1S/C18H22N2O2/c1-18(2,3)14-7-8-16(22-4)15(10-14)17(21)20-12-13-6-5-9-19-11-13/h5-11H,12H2,1-4H3,(H,20,21). The Hall–Kier alpha value is -2.36. The number of rotatable bonds is 4. The number of carbonyl (C=O) groups excluding carboxylic acids is 1. The number of ether oxygens (including phenoxy) is 1. The number of nitrogens with zero attached hydrogens (tertiary/aromatic N) is 1. The zero-order valence-corrected chi connectivity index (χ0v) is 13.5. The number of benzene rings is 1. The monoisotopic (exact) mass is 298 g/mol. The lowest BCUT2D eigenvalue weighted by Crippen LogP contribution is -2.24. The van der Waals surface area contributed by atoms with Gasteiger partial charge in [-0.05, 0) is 34.7 Å². The molecule has 116 valence electrons. The van der Waals surface area contributed by atoms with E-state index in [9.17, 15) is 4.79 Å². The van der Waals surface area contributed by atoms with Crippen LogP contribution in [-0.2, 0) is 12.0 Å². The van der Waals surface area contributed by atoms with Crippen molar-refractivity contribution in [3.63, 3.8) is 0 Å². The van der Waals surface area contributed by atoms with Gasteiger partial charge in [-0.2, -0.15) is 0 Å². The van der Waals surface area contributed by atoms with Crippen molar-refractivity contribution in [2.24, 2.45) is 0 Å². The van der Waals surface area contributed by atoms with E-state index in [0.29, 0.717) is 17.9 Å². The molecule has 22 heavy (non-hydrogen) atoms. The number of pyridine rings is 1. The molecule has 0 aliphatic heterocycles. The van der Waals surface area contributed by atoms with Gasteiger partial charge in [0.2, 0.25) is 0 Å². The summed E-state index contributed by atoms with van der Waals surface area (Å²) in [4.78, 5) is 16.5. The molecule has 0 fully saturated rings. The van der Waals surface area contributed by atoms with Gasteiger partial charge in [-0.1, -0.05) is 32.9 Å². The van der Waals surface area contributed by atoms with E-state index >= 15 is 0 Å². The zero-order valence-electron chi connectivity index (χ0n) is 13.5. The topological polar surface area (TPSA) is 51.2 Å². The van der Waals surface area contributed by atoms with Crippen LogP contribution in [0.15, 0.2) is 42.7 Å². The second-order valence-corrected chi connectivity index (χ2v) is 6.21. The van der Waals surface area contributed by atoms with Gasteiger partial charge in [-0.3, -0.25) is 9.78 Å². The lowest BCUT2D eigenvalue weighted by molar-refractivity contribution is 0.0947. The number of carbonyl (C=O) groups is 1. The maximum atomic E-state index is 12.5. The van der Waals surface area contributed by atoms with Crippen LogP contribution in [0, 0.1) is 0 Å². The molecule has 1 aromatic carbocycles. The number of amides is 1. The Kier molecular flexibility index (Phi) is 4.81. The maximum absolute atomic E-state index is 12.5. The Bertz CT molecular complexity index is 646. The van der Waals surface area contributed by atoms with Crippen LogP contribution in [-0.4, -0.2) is 18.0 Å². The van der Waals surface area contributed by atoms with Crippen LogP contribution in [0.2, 0.25) is 0 Å². The van der Waals surface area contributed by atoms with Crippen LogP contribution in [0.3, 0.4) is 0 Å². The Labute approximate surface area is 131 Å². The lowest BCUT2D eigenvalue weighted by atomic mass is 9.86. The maximum Gasteiger partial charge on any atom is 0.255 e. The molecule has 0 saturated heterocycles. The summed E-state index contributed by atoms with van der Waals surface area (Å²) in [6.07, 6.45) is 3.45. The highest BCUT2D eigenvalue weighted by Crippen LogP contribution is 2.27. The summed E-state index contributed by atoms with van der Waals surface area (Å²) in [6.45, 7) is 6.79. The molecule has 2 aromatic rings. The number of hydrogen-bond acceptors (Lipinski definition) is 3.